The van der Waals surface area contributed by atoms with Crippen molar-refractivity contribution in [2.24, 2.45) is 0 Å². The second-order valence-corrected chi connectivity index (χ2v) is 14.8. The quantitative estimate of drug-likeness (QED) is 0.0833. The van der Waals surface area contributed by atoms with E-state index in [2.05, 4.69) is 37.8 Å². The molecule has 14 nitrogen and oxygen atoms in total. The smallest absolute Gasteiger partial charge is 0.262 e. The number of amides is 2. The molecule has 1 aliphatic heterocycles. The Morgan fingerprint density at radius 2 is 1.59 bits per heavy atom. The highest BCUT2D eigenvalue weighted by molar-refractivity contribution is 6.06. The molecule has 1 atom stereocenters. The van der Waals surface area contributed by atoms with Gasteiger partial charge in [-0.1, -0.05) is 30.7 Å². The first-order valence-electron chi connectivity index (χ1n) is 19.9. The van der Waals surface area contributed by atoms with E-state index in [1.54, 1.807) is 32.4 Å². The standard InChI is InChI=1S/C44H59N7O7/c1-10-31(5)46-39(52)15-13-32-12-14-35(36(24-32)54-7)58-43-34(42(53)48-40-29(3)22-28(2)23-30(40)4)27-45-44(49-43)47-33-25-37(55-8)41(56-9)38(26-33)57-21-11-16-51-19-17-50(6)18-20-51/h12,14,22-27,31H,10-11,13,15-21H2,1-9H3,(H,46,52)(H,48,53)(H,45,47,49)/t31-/m1/s1. The van der Waals surface area contributed by atoms with E-state index in [0.717, 1.165) is 67.8 Å². The number of anilines is 3. The Labute approximate surface area is 342 Å². The van der Waals surface area contributed by atoms with Gasteiger partial charge in [0.25, 0.3) is 5.91 Å². The van der Waals surface area contributed by atoms with Crippen LogP contribution < -0.4 is 39.6 Å². The van der Waals surface area contributed by atoms with Crippen LogP contribution in [0.3, 0.4) is 0 Å². The molecule has 2 amide bonds. The average Bonchev–Trinajstić information content (AvgIpc) is 3.20. The molecule has 0 saturated carbocycles. The molecule has 5 rings (SSSR count). The molecular weight excluding hydrogens is 739 g/mol. The van der Waals surface area contributed by atoms with Gasteiger partial charge in [-0.15, -0.1) is 0 Å². The van der Waals surface area contributed by atoms with Gasteiger partial charge in [0.15, 0.2) is 23.0 Å². The molecule has 1 fully saturated rings. The van der Waals surface area contributed by atoms with Gasteiger partial charge in [-0.3, -0.25) is 9.59 Å². The summed E-state index contributed by atoms with van der Waals surface area (Å²) in [6, 6.07) is 13.1. The van der Waals surface area contributed by atoms with Crippen molar-refractivity contribution in [1.29, 1.82) is 0 Å². The third-order valence-corrected chi connectivity index (χ3v) is 10.2. The zero-order valence-electron chi connectivity index (χ0n) is 35.4. The van der Waals surface area contributed by atoms with E-state index in [1.807, 2.05) is 58.9 Å². The highest BCUT2D eigenvalue weighted by Crippen LogP contribution is 2.41. The molecule has 312 valence electrons. The number of hydrogen-bond donors (Lipinski definition) is 3. The number of nitrogens with one attached hydrogen (secondary N) is 3. The lowest BCUT2D eigenvalue weighted by atomic mass is 10.0. The Hall–Kier alpha value is -5.60. The van der Waals surface area contributed by atoms with E-state index < -0.39 is 5.91 Å². The molecule has 14 heteroatoms. The molecule has 3 N–H and O–H groups in total. The van der Waals surface area contributed by atoms with E-state index >= 15 is 0 Å². The van der Waals surface area contributed by atoms with E-state index in [9.17, 15) is 9.59 Å². The van der Waals surface area contributed by atoms with Gasteiger partial charge in [-0.05, 0) is 82.8 Å². The zero-order valence-corrected chi connectivity index (χ0v) is 35.4. The summed E-state index contributed by atoms with van der Waals surface area (Å²) in [6.45, 7) is 15.6. The lowest BCUT2D eigenvalue weighted by Crippen LogP contribution is -2.44. The Kier molecular flexibility index (Phi) is 15.5. The van der Waals surface area contributed by atoms with Crippen LogP contribution in [0.4, 0.5) is 17.3 Å². The first-order chi connectivity index (χ1) is 27.9. The first-order valence-corrected chi connectivity index (χ1v) is 19.9. The van der Waals surface area contributed by atoms with Gasteiger partial charge in [-0.2, -0.15) is 4.98 Å². The van der Waals surface area contributed by atoms with Gasteiger partial charge >= 0.3 is 0 Å². The maximum atomic E-state index is 14.0. The third-order valence-electron chi connectivity index (χ3n) is 10.2. The second-order valence-electron chi connectivity index (χ2n) is 14.8. The molecule has 1 aliphatic rings. The fraction of sp³-hybridized carbons (Fsp3) is 0.455. The minimum atomic E-state index is -0.446. The zero-order chi connectivity index (χ0) is 41.8. The number of hydrogen-bond acceptors (Lipinski definition) is 12. The van der Waals surface area contributed by atoms with E-state index in [-0.39, 0.29) is 29.3 Å². The van der Waals surface area contributed by atoms with Crippen LogP contribution >= 0.6 is 0 Å². The molecule has 2 heterocycles. The SMILES string of the molecule is CC[C@@H](C)NC(=O)CCc1ccc(Oc2nc(Nc3cc(OC)c(OC)c(OCCCN4CCN(C)CC4)c3)ncc2C(=O)Nc2c(C)cc(C)cc2C)c(OC)c1. The predicted octanol–water partition coefficient (Wildman–Crippen LogP) is 7.08. The molecule has 3 aromatic carbocycles. The number of rotatable bonds is 19. The lowest BCUT2D eigenvalue weighted by molar-refractivity contribution is -0.121. The van der Waals surface area contributed by atoms with Crippen LogP contribution in [0.2, 0.25) is 0 Å². The minimum Gasteiger partial charge on any atom is -0.493 e. The molecule has 1 aromatic heterocycles. The minimum absolute atomic E-state index is 0.00254. The Bertz CT molecular complexity index is 2010. The molecule has 0 radical (unpaired) electrons. The van der Waals surface area contributed by atoms with Gasteiger partial charge in [0.1, 0.15) is 5.56 Å². The van der Waals surface area contributed by atoms with Crippen LogP contribution in [0.25, 0.3) is 0 Å². The van der Waals surface area contributed by atoms with Crippen molar-refractivity contribution >= 4 is 29.1 Å². The molecule has 0 unspecified atom stereocenters. The first kappa shape index (κ1) is 43.5. The summed E-state index contributed by atoms with van der Waals surface area (Å²) in [5.41, 5.74) is 5.21. The lowest BCUT2D eigenvalue weighted by Gasteiger charge is -2.32. The normalized spacial score (nSPS) is 13.7. The second kappa shape index (κ2) is 20.7. The number of aryl methyl sites for hydroxylation is 4. The maximum absolute atomic E-state index is 14.0. The number of piperazine rings is 1. The van der Waals surface area contributed by atoms with Gasteiger partial charge in [0, 0.05) is 74.9 Å². The van der Waals surface area contributed by atoms with Crippen LogP contribution in [0, 0.1) is 20.8 Å². The van der Waals surface area contributed by atoms with Crippen molar-refractivity contribution in [1.82, 2.24) is 25.1 Å². The van der Waals surface area contributed by atoms with Crippen LogP contribution in [0.15, 0.2) is 48.7 Å². The Morgan fingerprint density at radius 1 is 0.879 bits per heavy atom. The van der Waals surface area contributed by atoms with Crippen LogP contribution in [-0.4, -0.2) is 105 Å². The van der Waals surface area contributed by atoms with E-state index in [4.69, 9.17) is 28.7 Å². The van der Waals surface area contributed by atoms with Crippen molar-refractivity contribution < 1.29 is 33.3 Å². The van der Waals surface area contributed by atoms with Gasteiger partial charge in [-0.25, -0.2) is 4.98 Å². The van der Waals surface area contributed by atoms with Crippen LogP contribution in [-0.2, 0) is 11.2 Å². The predicted molar refractivity (Wildman–Crippen MR) is 227 cm³/mol. The van der Waals surface area contributed by atoms with Gasteiger partial charge < -0.3 is 49.4 Å². The van der Waals surface area contributed by atoms with Gasteiger partial charge in [0.05, 0.1) is 27.9 Å². The molecule has 4 aromatic rings. The number of benzene rings is 3. The third kappa shape index (κ3) is 11.7. The van der Waals surface area contributed by atoms with Crippen LogP contribution in [0.1, 0.15) is 65.7 Å². The van der Waals surface area contributed by atoms with Crippen molar-refractivity contribution in [3.63, 3.8) is 0 Å². The summed E-state index contributed by atoms with van der Waals surface area (Å²) in [5, 5.41) is 9.28. The summed E-state index contributed by atoms with van der Waals surface area (Å²) in [5.74, 6) is 1.87. The van der Waals surface area contributed by atoms with Crippen molar-refractivity contribution in [3.05, 3.63) is 76.5 Å². The fourth-order valence-electron chi connectivity index (χ4n) is 6.76. The monoisotopic (exact) mass is 797 g/mol. The number of ether oxygens (including phenoxy) is 5. The Balaban J connectivity index is 1.41. The maximum Gasteiger partial charge on any atom is 0.262 e. The highest BCUT2D eigenvalue weighted by Gasteiger charge is 2.22. The fourth-order valence-corrected chi connectivity index (χ4v) is 6.76. The number of nitrogens with zero attached hydrogens (tertiary/aromatic N) is 4. The summed E-state index contributed by atoms with van der Waals surface area (Å²) in [6.07, 6.45) is 3.97. The number of carbonyl (C=O) groups is 2. The number of likely N-dealkylation sites (N-methyl/N-ethyl adjacent to an activating group) is 1. The molecule has 0 aliphatic carbocycles. The molecule has 0 spiro atoms. The number of aromatic nitrogens is 2. The molecule has 1 saturated heterocycles. The van der Waals surface area contributed by atoms with Crippen molar-refractivity contribution in [3.8, 4) is 34.6 Å². The summed E-state index contributed by atoms with van der Waals surface area (Å²) in [7, 11) is 6.82. The highest BCUT2D eigenvalue weighted by atomic mass is 16.5. The molecular formula is C44H59N7O7. The summed E-state index contributed by atoms with van der Waals surface area (Å²) in [4.78, 5) is 40.4. The summed E-state index contributed by atoms with van der Waals surface area (Å²) < 4.78 is 29.7. The van der Waals surface area contributed by atoms with E-state index in [0.29, 0.717) is 59.6 Å². The largest absolute Gasteiger partial charge is 0.493 e. The Morgan fingerprint density at radius 3 is 2.26 bits per heavy atom. The van der Waals surface area contributed by atoms with Gasteiger partial charge in [0.2, 0.25) is 23.5 Å². The van der Waals surface area contributed by atoms with Crippen molar-refractivity contribution in [2.45, 2.75) is 66.3 Å². The number of methoxy groups -OCH3 is 3. The van der Waals surface area contributed by atoms with Crippen LogP contribution in [0.5, 0.6) is 34.6 Å². The molecule has 58 heavy (non-hydrogen) atoms. The van der Waals surface area contributed by atoms with Crippen molar-refractivity contribution in [2.75, 3.05) is 78.3 Å². The van der Waals surface area contributed by atoms with E-state index in [1.165, 1.54) is 13.3 Å². The average molecular weight is 798 g/mol. The molecule has 0 bridgehead atoms. The number of carbonyl (C=O) groups excluding carboxylic acids is 2. The summed E-state index contributed by atoms with van der Waals surface area (Å²) >= 11 is 0. The topological polar surface area (TPSA) is 149 Å².